The van der Waals surface area contributed by atoms with Crippen molar-refractivity contribution in [2.75, 3.05) is 19.6 Å². The molecule has 2 rings (SSSR count). The van der Waals surface area contributed by atoms with E-state index in [-0.39, 0.29) is 0 Å². The van der Waals surface area contributed by atoms with Crippen LogP contribution in [0.4, 0.5) is 0 Å². The van der Waals surface area contributed by atoms with Crippen LogP contribution in [0.15, 0.2) is 17.5 Å². The maximum atomic E-state index is 3.81. The Hall–Kier alpha value is -0.380. The summed E-state index contributed by atoms with van der Waals surface area (Å²) >= 11 is 1.91. The number of nitrogens with zero attached hydrogens (tertiary/aromatic N) is 1. The van der Waals surface area contributed by atoms with E-state index < -0.39 is 0 Å². The van der Waals surface area contributed by atoms with Crippen LogP contribution >= 0.6 is 11.3 Å². The number of nitrogens with one attached hydrogen (secondary N) is 1. The van der Waals surface area contributed by atoms with Gasteiger partial charge in [0.1, 0.15) is 0 Å². The number of hydrogen-bond acceptors (Lipinski definition) is 3. The molecule has 1 aliphatic rings. The largest absolute Gasteiger partial charge is 0.310 e. The fourth-order valence-electron chi connectivity index (χ4n) is 3.27. The van der Waals surface area contributed by atoms with E-state index in [0.717, 1.165) is 0 Å². The topological polar surface area (TPSA) is 15.3 Å². The van der Waals surface area contributed by atoms with E-state index in [9.17, 15) is 0 Å². The maximum Gasteiger partial charge on any atom is 0.0439 e. The summed E-state index contributed by atoms with van der Waals surface area (Å²) in [5.74, 6) is 0. The minimum atomic E-state index is 0.321. The van der Waals surface area contributed by atoms with Gasteiger partial charge in [-0.1, -0.05) is 26.8 Å². The smallest absolute Gasteiger partial charge is 0.0439 e. The van der Waals surface area contributed by atoms with Gasteiger partial charge in [-0.2, -0.15) is 0 Å². The van der Waals surface area contributed by atoms with Crippen LogP contribution in [0.25, 0.3) is 0 Å². The zero-order valence-electron chi connectivity index (χ0n) is 12.6. The number of hydrogen-bond donors (Lipinski definition) is 1. The van der Waals surface area contributed by atoms with Crippen molar-refractivity contribution in [2.24, 2.45) is 0 Å². The van der Waals surface area contributed by atoms with Crippen LogP contribution in [0.5, 0.6) is 0 Å². The molecule has 2 heterocycles. The average molecular weight is 280 g/mol. The molecule has 19 heavy (non-hydrogen) atoms. The van der Waals surface area contributed by atoms with Gasteiger partial charge in [-0.25, -0.2) is 0 Å². The predicted octanol–water partition coefficient (Wildman–Crippen LogP) is 4.05. The van der Waals surface area contributed by atoms with Gasteiger partial charge in [-0.3, -0.25) is 4.90 Å². The Morgan fingerprint density at radius 3 is 2.74 bits per heavy atom. The second-order valence-electron chi connectivity index (χ2n) is 5.68. The van der Waals surface area contributed by atoms with Crippen LogP contribution in [0.3, 0.4) is 0 Å². The van der Waals surface area contributed by atoms with E-state index in [1.165, 1.54) is 50.2 Å². The molecular formula is C16H28N2S. The molecule has 1 aliphatic heterocycles. The zero-order chi connectivity index (χ0) is 13.7. The van der Waals surface area contributed by atoms with Crippen LogP contribution in [-0.4, -0.2) is 30.1 Å². The molecule has 0 aliphatic carbocycles. The third-order valence-electron chi connectivity index (χ3n) is 4.68. The van der Waals surface area contributed by atoms with Gasteiger partial charge in [0.05, 0.1) is 0 Å². The third-order valence-corrected chi connectivity index (χ3v) is 5.65. The summed E-state index contributed by atoms with van der Waals surface area (Å²) in [5.41, 5.74) is 0.321. The molecular weight excluding hydrogens is 252 g/mol. The van der Waals surface area contributed by atoms with Crippen LogP contribution in [0.1, 0.15) is 57.4 Å². The van der Waals surface area contributed by atoms with Crippen molar-refractivity contribution in [2.45, 2.75) is 58.0 Å². The van der Waals surface area contributed by atoms with E-state index in [1.807, 2.05) is 11.3 Å². The van der Waals surface area contributed by atoms with Crippen molar-refractivity contribution in [1.82, 2.24) is 10.2 Å². The third kappa shape index (κ3) is 3.39. The van der Waals surface area contributed by atoms with Crippen molar-refractivity contribution < 1.29 is 0 Å². The normalized spacial score (nSPS) is 22.1. The molecule has 3 heteroatoms. The van der Waals surface area contributed by atoms with Gasteiger partial charge in [0.25, 0.3) is 0 Å². The Bertz CT molecular complexity index is 357. The van der Waals surface area contributed by atoms with Crippen LogP contribution in [0.2, 0.25) is 0 Å². The van der Waals surface area contributed by atoms with Gasteiger partial charge in [-0.05, 0) is 43.7 Å². The van der Waals surface area contributed by atoms with E-state index in [2.05, 4.69) is 48.5 Å². The highest BCUT2D eigenvalue weighted by Crippen LogP contribution is 2.31. The molecule has 0 radical (unpaired) electrons. The number of thiophene rings is 1. The van der Waals surface area contributed by atoms with E-state index in [1.54, 1.807) is 0 Å². The lowest BCUT2D eigenvalue weighted by atomic mass is 9.91. The van der Waals surface area contributed by atoms with Crippen molar-refractivity contribution in [3.8, 4) is 0 Å². The van der Waals surface area contributed by atoms with Crippen molar-refractivity contribution >= 4 is 11.3 Å². The lowest BCUT2D eigenvalue weighted by Gasteiger charge is -2.38. The molecule has 1 aromatic heterocycles. The van der Waals surface area contributed by atoms with Crippen LogP contribution < -0.4 is 5.32 Å². The fraction of sp³-hybridized carbons (Fsp3) is 0.750. The molecule has 108 valence electrons. The molecule has 1 aromatic rings. The van der Waals surface area contributed by atoms with Crippen molar-refractivity contribution in [1.29, 1.82) is 0 Å². The Morgan fingerprint density at radius 2 is 2.16 bits per heavy atom. The van der Waals surface area contributed by atoms with Gasteiger partial charge in [-0.15, -0.1) is 11.3 Å². The van der Waals surface area contributed by atoms with Crippen molar-refractivity contribution in [3.05, 3.63) is 22.4 Å². The predicted molar refractivity (Wildman–Crippen MR) is 84.9 cm³/mol. The lowest BCUT2D eigenvalue weighted by Crippen LogP contribution is -2.51. The summed E-state index contributed by atoms with van der Waals surface area (Å²) in [6, 6.07) is 5.10. The van der Waals surface area contributed by atoms with Crippen LogP contribution in [0, 0.1) is 0 Å². The molecule has 1 saturated heterocycles. The Balaban J connectivity index is 2.17. The van der Waals surface area contributed by atoms with Crippen molar-refractivity contribution in [3.63, 3.8) is 0 Å². The highest BCUT2D eigenvalue weighted by atomic mass is 32.1. The molecule has 0 bridgehead atoms. The first-order valence-electron chi connectivity index (χ1n) is 7.77. The maximum absolute atomic E-state index is 3.81. The standard InChI is InChI=1S/C16H28N2S/c1-4-14(15-9-7-12-19-15)18-11-8-10-17-16(5-2,6-3)13-18/h7,9,12,14,17H,4-6,8,10-11,13H2,1-3H3. The molecule has 1 atom stereocenters. The molecule has 1 N–H and O–H groups in total. The van der Waals surface area contributed by atoms with E-state index in [0.29, 0.717) is 11.6 Å². The lowest BCUT2D eigenvalue weighted by molar-refractivity contribution is 0.146. The minimum absolute atomic E-state index is 0.321. The number of rotatable bonds is 5. The molecule has 1 fully saturated rings. The Morgan fingerprint density at radius 1 is 1.37 bits per heavy atom. The average Bonchev–Trinajstić information content (AvgIpc) is 2.87. The second-order valence-corrected chi connectivity index (χ2v) is 6.66. The molecule has 1 unspecified atom stereocenters. The molecule has 0 spiro atoms. The summed E-state index contributed by atoms with van der Waals surface area (Å²) in [6.07, 6.45) is 4.93. The minimum Gasteiger partial charge on any atom is -0.310 e. The van der Waals surface area contributed by atoms with Gasteiger partial charge in [0.15, 0.2) is 0 Å². The van der Waals surface area contributed by atoms with Gasteiger partial charge < -0.3 is 5.32 Å². The first-order chi connectivity index (χ1) is 9.24. The molecule has 2 nitrogen and oxygen atoms in total. The first kappa shape index (κ1) is 15.0. The van der Waals surface area contributed by atoms with Crippen LogP contribution in [-0.2, 0) is 0 Å². The molecule has 0 aromatic carbocycles. The fourth-order valence-corrected chi connectivity index (χ4v) is 4.21. The van der Waals surface area contributed by atoms with E-state index >= 15 is 0 Å². The zero-order valence-corrected chi connectivity index (χ0v) is 13.4. The molecule has 0 amide bonds. The summed E-state index contributed by atoms with van der Waals surface area (Å²) < 4.78 is 0. The molecule has 0 saturated carbocycles. The first-order valence-corrected chi connectivity index (χ1v) is 8.65. The van der Waals surface area contributed by atoms with Gasteiger partial charge >= 0.3 is 0 Å². The Kier molecular flexibility index (Phi) is 5.43. The van der Waals surface area contributed by atoms with E-state index in [4.69, 9.17) is 0 Å². The summed E-state index contributed by atoms with van der Waals surface area (Å²) in [5, 5.41) is 6.02. The van der Waals surface area contributed by atoms with Gasteiger partial charge in [0.2, 0.25) is 0 Å². The Labute approximate surface area is 122 Å². The quantitative estimate of drug-likeness (QED) is 0.875. The monoisotopic (exact) mass is 280 g/mol. The summed E-state index contributed by atoms with van der Waals surface area (Å²) in [7, 11) is 0. The van der Waals surface area contributed by atoms with Gasteiger partial charge in [0, 0.05) is 29.5 Å². The summed E-state index contributed by atoms with van der Waals surface area (Å²) in [4.78, 5) is 4.25. The SMILES string of the molecule is CCC(c1cccs1)N1CCCNC(CC)(CC)C1. The summed E-state index contributed by atoms with van der Waals surface area (Å²) in [6.45, 7) is 10.6. The second kappa shape index (κ2) is 6.87. The highest BCUT2D eigenvalue weighted by Gasteiger charge is 2.33. The highest BCUT2D eigenvalue weighted by molar-refractivity contribution is 7.10.